The van der Waals surface area contributed by atoms with Crippen molar-refractivity contribution in [2.75, 3.05) is 7.05 Å². The van der Waals surface area contributed by atoms with Crippen LogP contribution in [-0.2, 0) is 6.18 Å². The van der Waals surface area contributed by atoms with Crippen LogP contribution >= 0.6 is 15.9 Å². The number of rotatable bonds is 6. The van der Waals surface area contributed by atoms with Gasteiger partial charge in [0.15, 0.2) is 0 Å². The Bertz CT molecular complexity index is 430. The highest BCUT2D eigenvalue weighted by molar-refractivity contribution is 9.10. The first-order valence-electron chi connectivity index (χ1n) is 6.79. The Labute approximate surface area is 127 Å². The van der Waals surface area contributed by atoms with Crippen LogP contribution in [0.2, 0.25) is 0 Å². The van der Waals surface area contributed by atoms with E-state index in [9.17, 15) is 13.2 Å². The van der Waals surface area contributed by atoms with Crippen molar-refractivity contribution >= 4 is 15.9 Å². The van der Waals surface area contributed by atoms with Crippen LogP contribution in [-0.4, -0.2) is 7.05 Å². The van der Waals surface area contributed by atoms with Gasteiger partial charge in [-0.1, -0.05) is 42.6 Å². The number of benzene rings is 1. The van der Waals surface area contributed by atoms with Gasteiger partial charge >= 0.3 is 6.18 Å². The van der Waals surface area contributed by atoms with E-state index >= 15 is 0 Å². The SMILES string of the molecule is CNC(CCCC(C)C)c1cc(C(F)(F)F)ccc1Br. The Morgan fingerprint density at radius 1 is 1.20 bits per heavy atom. The molecule has 0 aliphatic heterocycles. The molecule has 1 nitrogen and oxygen atoms in total. The Morgan fingerprint density at radius 2 is 1.85 bits per heavy atom. The second-order valence-corrected chi connectivity index (χ2v) is 6.25. The summed E-state index contributed by atoms with van der Waals surface area (Å²) < 4.78 is 39.1. The molecule has 0 aromatic heterocycles. The number of hydrogen-bond donors (Lipinski definition) is 1. The molecule has 1 rings (SSSR count). The largest absolute Gasteiger partial charge is 0.416 e. The maximum Gasteiger partial charge on any atom is 0.416 e. The van der Waals surface area contributed by atoms with Crippen LogP contribution in [0.5, 0.6) is 0 Å². The summed E-state index contributed by atoms with van der Waals surface area (Å²) >= 11 is 3.35. The summed E-state index contributed by atoms with van der Waals surface area (Å²) in [6.45, 7) is 4.29. The molecule has 1 aromatic rings. The molecule has 1 atom stereocenters. The van der Waals surface area contributed by atoms with Crippen LogP contribution in [0.25, 0.3) is 0 Å². The lowest BCUT2D eigenvalue weighted by molar-refractivity contribution is -0.137. The van der Waals surface area contributed by atoms with E-state index in [1.807, 2.05) is 0 Å². The van der Waals surface area contributed by atoms with Crippen molar-refractivity contribution in [3.8, 4) is 0 Å². The Balaban J connectivity index is 2.91. The van der Waals surface area contributed by atoms with Crippen LogP contribution in [0.15, 0.2) is 22.7 Å². The van der Waals surface area contributed by atoms with Crippen LogP contribution in [0, 0.1) is 5.92 Å². The Hall–Kier alpha value is -0.550. The van der Waals surface area contributed by atoms with E-state index in [-0.39, 0.29) is 6.04 Å². The molecule has 114 valence electrons. The molecular formula is C15H21BrF3N. The van der Waals surface area contributed by atoms with E-state index in [1.54, 1.807) is 7.05 Å². The molecule has 5 heteroatoms. The monoisotopic (exact) mass is 351 g/mol. The zero-order chi connectivity index (χ0) is 15.3. The molecule has 0 aliphatic rings. The molecule has 1 unspecified atom stereocenters. The van der Waals surface area contributed by atoms with Gasteiger partial charge in [0.2, 0.25) is 0 Å². The summed E-state index contributed by atoms with van der Waals surface area (Å²) in [5.74, 6) is 0.609. The van der Waals surface area contributed by atoms with E-state index < -0.39 is 11.7 Å². The zero-order valence-corrected chi connectivity index (χ0v) is 13.6. The molecule has 0 saturated heterocycles. The molecule has 0 spiro atoms. The van der Waals surface area contributed by atoms with Gasteiger partial charge in [0.1, 0.15) is 0 Å². The van der Waals surface area contributed by atoms with Crippen LogP contribution in [0.4, 0.5) is 13.2 Å². The van der Waals surface area contributed by atoms with Crippen molar-refractivity contribution < 1.29 is 13.2 Å². The molecule has 1 N–H and O–H groups in total. The van der Waals surface area contributed by atoms with Crippen molar-refractivity contribution in [1.82, 2.24) is 5.32 Å². The topological polar surface area (TPSA) is 12.0 Å². The number of nitrogens with one attached hydrogen (secondary N) is 1. The second-order valence-electron chi connectivity index (χ2n) is 5.40. The minimum absolute atomic E-state index is 0.0644. The van der Waals surface area contributed by atoms with E-state index in [0.29, 0.717) is 11.5 Å². The average Bonchev–Trinajstić information content (AvgIpc) is 2.34. The fraction of sp³-hybridized carbons (Fsp3) is 0.600. The lowest BCUT2D eigenvalue weighted by Gasteiger charge is -2.20. The third-order valence-corrected chi connectivity index (χ3v) is 4.04. The summed E-state index contributed by atoms with van der Waals surface area (Å²) in [6.07, 6.45) is -1.40. The maximum atomic E-state index is 12.8. The number of alkyl halides is 3. The summed E-state index contributed by atoms with van der Waals surface area (Å²) in [4.78, 5) is 0. The van der Waals surface area contributed by atoms with Gasteiger partial charge in [0.05, 0.1) is 5.56 Å². The molecule has 0 bridgehead atoms. The minimum atomic E-state index is -4.30. The lowest BCUT2D eigenvalue weighted by Crippen LogP contribution is -2.18. The van der Waals surface area contributed by atoms with Gasteiger partial charge in [-0.15, -0.1) is 0 Å². The highest BCUT2D eigenvalue weighted by Crippen LogP contribution is 2.35. The van der Waals surface area contributed by atoms with Gasteiger partial charge in [0, 0.05) is 10.5 Å². The fourth-order valence-electron chi connectivity index (χ4n) is 2.17. The first kappa shape index (κ1) is 17.5. The molecule has 0 heterocycles. The standard InChI is InChI=1S/C15H21BrF3N/c1-10(2)5-4-6-14(20-3)12-9-11(15(17,18)19)7-8-13(12)16/h7-10,14,20H,4-6H2,1-3H3. The third kappa shape index (κ3) is 5.09. The van der Waals surface area contributed by atoms with Crippen molar-refractivity contribution in [3.63, 3.8) is 0 Å². The molecule has 0 aliphatic carbocycles. The van der Waals surface area contributed by atoms with Gasteiger partial charge in [0.25, 0.3) is 0 Å². The molecule has 0 amide bonds. The van der Waals surface area contributed by atoms with Gasteiger partial charge in [-0.25, -0.2) is 0 Å². The molecule has 20 heavy (non-hydrogen) atoms. The van der Waals surface area contributed by atoms with Crippen molar-refractivity contribution in [2.45, 2.75) is 45.3 Å². The predicted molar refractivity (Wildman–Crippen MR) is 79.6 cm³/mol. The molecule has 0 radical (unpaired) electrons. The van der Waals surface area contributed by atoms with Crippen molar-refractivity contribution in [2.24, 2.45) is 5.92 Å². The van der Waals surface area contributed by atoms with Crippen LogP contribution in [0.3, 0.4) is 0 Å². The van der Waals surface area contributed by atoms with Crippen LogP contribution in [0.1, 0.15) is 50.3 Å². The average molecular weight is 352 g/mol. The number of halogens is 4. The van der Waals surface area contributed by atoms with Crippen molar-refractivity contribution in [3.05, 3.63) is 33.8 Å². The third-order valence-electron chi connectivity index (χ3n) is 3.32. The quantitative estimate of drug-likeness (QED) is 0.707. The normalized spacial score (nSPS) is 13.8. The lowest BCUT2D eigenvalue weighted by atomic mass is 9.97. The molecule has 0 saturated carbocycles. The highest BCUT2D eigenvalue weighted by Gasteiger charge is 2.31. The fourth-order valence-corrected chi connectivity index (χ4v) is 2.70. The van der Waals surface area contributed by atoms with Crippen molar-refractivity contribution in [1.29, 1.82) is 0 Å². The highest BCUT2D eigenvalue weighted by atomic mass is 79.9. The molecule has 1 aromatic carbocycles. The molecular weight excluding hydrogens is 331 g/mol. The van der Waals surface area contributed by atoms with E-state index in [1.165, 1.54) is 12.1 Å². The van der Waals surface area contributed by atoms with E-state index in [4.69, 9.17) is 0 Å². The second kappa shape index (κ2) is 7.46. The Morgan fingerprint density at radius 3 is 2.35 bits per heavy atom. The van der Waals surface area contributed by atoms with Crippen LogP contribution < -0.4 is 5.32 Å². The first-order valence-corrected chi connectivity index (χ1v) is 7.59. The predicted octanol–water partition coefficient (Wildman–Crippen LogP) is 5.55. The summed E-state index contributed by atoms with van der Waals surface area (Å²) in [6, 6.07) is 3.76. The first-order chi connectivity index (χ1) is 9.25. The maximum absolute atomic E-state index is 12.8. The smallest absolute Gasteiger partial charge is 0.313 e. The zero-order valence-electron chi connectivity index (χ0n) is 12.0. The van der Waals surface area contributed by atoms with Gasteiger partial charge in [-0.05, 0) is 43.1 Å². The Kier molecular flexibility index (Phi) is 6.52. The van der Waals surface area contributed by atoms with Gasteiger partial charge in [-0.2, -0.15) is 13.2 Å². The van der Waals surface area contributed by atoms with E-state index in [0.717, 1.165) is 29.8 Å². The van der Waals surface area contributed by atoms with Gasteiger partial charge in [-0.3, -0.25) is 0 Å². The summed E-state index contributed by atoms with van der Waals surface area (Å²) in [5.41, 5.74) is 0.0749. The number of hydrogen-bond acceptors (Lipinski definition) is 1. The summed E-state index contributed by atoms with van der Waals surface area (Å²) in [7, 11) is 1.78. The molecule has 0 fully saturated rings. The van der Waals surface area contributed by atoms with Gasteiger partial charge < -0.3 is 5.32 Å². The van der Waals surface area contributed by atoms with E-state index in [2.05, 4.69) is 35.1 Å². The minimum Gasteiger partial charge on any atom is -0.313 e. The summed E-state index contributed by atoms with van der Waals surface area (Å²) in [5, 5.41) is 3.11.